The number of aryl methyl sites for hydroxylation is 1. The minimum atomic E-state index is 0.973. The van der Waals surface area contributed by atoms with E-state index in [4.69, 9.17) is 0 Å². The Bertz CT molecular complexity index is 527. The molecule has 116 valence electrons. The summed E-state index contributed by atoms with van der Waals surface area (Å²) in [7, 11) is 0. The number of para-hydroxylation sites is 1. The maximum absolute atomic E-state index is 3.46. The molecule has 0 amide bonds. The first kappa shape index (κ1) is 16.1. The van der Waals surface area contributed by atoms with Gasteiger partial charge in [0.25, 0.3) is 0 Å². The van der Waals surface area contributed by atoms with Crippen molar-refractivity contribution in [1.82, 2.24) is 9.88 Å². The predicted octanol–water partition coefficient (Wildman–Crippen LogP) is 5.11. The van der Waals surface area contributed by atoms with Crippen LogP contribution in [0.1, 0.15) is 58.1 Å². The first-order chi connectivity index (χ1) is 10.4. The lowest BCUT2D eigenvalue weighted by molar-refractivity contribution is 0.549. The monoisotopic (exact) mass is 286 g/mol. The molecule has 2 aromatic rings. The molecule has 0 saturated carbocycles. The Morgan fingerprint density at radius 1 is 0.952 bits per heavy atom. The van der Waals surface area contributed by atoms with Gasteiger partial charge in [0.2, 0.25) is 0 Å². The highest BCUT2D eigenvalue weighted by Crippen LogP contribution is 2.21. The summed E-state index contributed by atoms with van der Waals surface area (Å²) in [4.78, 5) is 0. The molecule has 0 aliphatic carbocycles. The minimum absolute atomic E-state index is 0.973. The topological polar surface area (TPSA) is 17.0 Å². The number of hydrogen-bond donors (Lipinski definition) is 1. The Morgan fingerprint density at radius 3 is 2.52 bits per heavy atom. The zero-order valence-corrected chi connectivity index (χ0v) is 13.7. The zero-order valence-electron chi connectivity index (χ0n) is 13.7. The molecule has 0 radical (unpaired) electrons. The van der Waals surface area contributed by atoms with Gasteiger partial charge in [-0.3, -0.25) is 0 Å². The lowest BCUT2D eigenvalue weighted by Gasteiger charge is -2.11. The van der Waals surface area contributed by atoms with Crippen LogP contribution in [0.5, 0.6) is 0 Å². The molecule has 2 nitrogen and oxygen atoms in total. The van der Waals surface area contributed by atoms with Crippen molar-refractivity contribution in [3.8, 4) is 0 Å². The van der Waals surface area contributed by atoms with Crippen LogP contribution in [-0.2, 0) is 13.1 Å². The third-order valence-electron chi connectivity index (χ3n) is 4.19. The molecule has 0 unspecified atom stereocenters. The highest BCUT2D eigenvalue weighted by atomic mass is 15.0. The van der Waals surface area contributed by atoms with Crippen molar-refractivity contribution in [2.24, 2.45) is 0 Å². The van der Waals surface area contributed by atoms with Crippen molar-refractivity contribution in [2.75, 3.05) is 6.54 Å². The van der Waals surface area contributed by atoms with Gasteiger partial charge in [-0.25, -0.2) is 0 Å². The van der Waals surface area contributed by atoms with E-state index in [1.165, 1.54) is 55.1 Å². The summed E-state index contributed by atoms with van der Waals surface area (Å²) in [5.41, 5.74) is 2.81. The van der Waals surface area contributed by atoms with E-state index < -0.39 is 0 Å². The highest BCUT2D eigenvalue weighted by molar-refractivity contribution is 5.81. The molecule has 0 spiro atoms. The van der Waals surface area contributed by atoms with E-state index in [1.807, 2.05) is 0 Å². The molecule has 1 N–H and O–H groups in total. The first-order valence-electron chi connectivity index (χ1n) is 8.64. The van der Waals surface area contributed by atoms with E-state index in [-0.39, 0.29) is 0 Å². The molecule has 21 heavy (non-hydrogen) atoms. The van der Waals surface area contributed by atoms with Crippen LogP contribution in [-0.4, -0.2) is 11.1 Å². The van der Waals surface area contributed by atoms with Crippen LogP contribution in [0.2, 0.25) is 0 Å². The number of rotatable bonds is 10. The van der Waals surface area contributed by atoms with Crippen molar-refractivity contribution in [1.29, 1.82) is 0 Å². The fourth-order valence-electron chi connectivity index (χ4n) is 2.98. The molecular formula is C19H30N2. The van der Waals surface area contributed by atoms with Crippen LogP contribution in [0.4, 0.5) is 0 Å². The Hall–Kier alpha value is -1.28. The van der Waals surface area contributed by atoms with Crippen molar-refractivity contribution in [3.63, 3.8) is 0 Å². The van der Waals surface area contributed by atoms with Gasteiger partial charge in [-0.2, -0.15) is 0 Å². The normalized spacial score (nSPS) is 11.3. The van der Waals surface area contributed by atoms with Gasteiger partial charge < -0.3 is 9.88 Å². The first-order valence-corrected chi connectivity index (χ1v) is 8.64. The summed E-state index contributed by atoms with van der Waals surface area (Å²) >= 11 is 0. The SMILES string of the molecule is CCCCCCCCn1c(CNCC)cc2ccccc21. The fourth-order valence-corrected chi connectivity index (χ4v) is 2.98. The molecule has 0 atom stereocenters. The standard InChI is InChI=1S/C19H30N2/c1-3-5-6-7-8-11-14-21-18(16-20-4-2)15-17-12-9-10-13-19(17)21/h9-10,12-13,15,20H,3-8,11,14,16H2,1-2H3. The number of aromatic nitrogens is 1. The second kappa shape index (κ2) is 8.89. The third kappa shape index (κ3) is 4.60. The van der Waals surface area contributed by atoms with Gasteiger partial charge in [0.1, 0.15) is 0 Å². The number of benzene rings is 1. The van der Waals surface area contributed by atoms with Crippen LogP contribution in [0.25, 0.3) is 10.9 Å². The fraction of sp³-hybridized carbons (Fsp3) is 0.579. The lowest BCUT2D eigenvalue weighted by Crippen LogP contribution is -2.15. The van der Waals surface area contributed by atoms with Gasteiger partial charge in [-0.15, -0.1) is 0 Å². The van der Waals surface area contributed by atoms with Gasteiger partial charge in [-0.05, 0) is 30.5 Å². The molecule has 1 aromatic heterocycles. The van der Waals surface area contributed by atoms with Gasteiger partial charge in [-0.1, -0.05) is 64.2 Å². The van der Waals surface area contributed by atoms with Crippen LogP contribution in [0.3, 0.4) is 0 Å². The number of nitrogens with zero attached hydrogens (tertiary/aromatic N) is 1. The number of fused-ring (bicyclic) bond motifs is 1. The number of nitrogens with one attached hydrogen (secondary N) is 1. The molecule has 0 aliphatic heterocycles. The lowest BCUT2D eigenvalue weighted by atomic mass is 10.1. The van der Waals surface area contributed by atoms with Gasteiger partial charge in [0, 0.05) is 24.3 Å². The van der Waals surface area contributed by atoms with E-state index in [2.05, 4.69) is 54.1 Å². The van der Waals surface area contributed by atoms with Crippen LogP contribution >= 0.6 is 0 Å². The summed E-state index contributed by atoms with van der Waals surface area (Å²) < 4.78 is 2.51. The van der Waals surface area contributed by atoms with Crippen LogP contribution < -0.4 is 5.32 Å². The Morgan fingerprint density at radius 2 is 1.71 bits per heavy atom. The zero-order chi connectivity index (χ0) is 14.9. The Balaban J connectivity index is 1.98. The largest absolute Gasteiger partial charge is 0.343 e. The average molecular weight is 286 g/mol. The van der Waals surface area contributed by atoms with Crippen molar-refractivity contribution < 1.29 is 0 Å². The maximum atomic E-state index is 3.46. The van der Waals surface area contributed by atoms with Crippen molar-refractivity contribution in [2.45, 2.75) is 65.5 Å². The third-order valence-corrected chi connectivity index (χ3v) is 4.19. The molecule has 2 heteroatoms. The maximum Gasteiger partial charge on any atom is 0.0482 e. The van der Waals surface area contributed by atoms with E-state index in [0.29, 0.717) is 0 Å². The Kier molecular flexibility index (Phi) is 6.81. The molecular weight excluding hydrogens is 256 g/mol. The van der Waals surface area contributed by atoms with Crippen LogP contribution in [0, 0.1) is 0 Å². The van der Waals surface area contributed by atoms with Gasteiger partial charge in [0.15, 0.2) is 0 Å². The van der Waals surface area contributed by atoms with Gasteiger partial charge >= 0.3 is 0 Å². The number of unbranched alkanes of at least 4 members (excludes halogenated alkanes) is 5. The smallest absolute Gasteiger partial charge is 0.0482 e. The quantitative estimate of drug-likeness (QED) is 0.600. The summed E-state index contributed by atoms with van der Waals surface area (Å²) in [6.07, 6.45) is 8.14. The minimum Gasteiger partial charge on any atom is -0.343 e. The van der Waals surface area contributed by atoms with Crippen LogP contribution in [0.15, 0.2) is 30.3 Å². The summed E-state index contributed by atoms with van der Waals surface area (Å²) in [6.45, 7) is 7.60. The van der Waals surface area contributed by atoms with Crippen molar-refractivity contribution in [3.05, 3.63) is 36.0 Å². The molecule has 0 saturated heterocycles. The summed E-state index contributed by atoms with van der Waals surface area (Å²) in [6, 6.07) is 11.1. The van der Waals surface area contributed by atoms with E-state index in [0.717, 1.165) is 19.6 Å². The summed E-state index contributed by atoms with van der Waals surface area (Å²) in [5, 5.41) is 4.84. The van der Waals surface area contributed by atoms with E-state index in [1.54, 1.807) is 0 Å². The number of hydrogen-bond acceptors (Lipinski definition) is 1. The van der Waals surface area contributed by atoms with Gasteiger partial charge in [0.05, 0.1) is 0 Å². The van der Waals surface area contributed by atoms with E-state index >= 15 is 0 Å². The second-order valence-corrected chi connectivity index (χ2v) is 5.89. The molecule has 0 bridgehead atoms. The molecule has 1 heterocycles. The predicted molar refractivity (Wildman–Crippen MR) is 92.7 cm³/mol. The molecule has 2 rings (SSSR count). The molecule has 0 aliphatic rings. The molecule has 0 fully saturated rings. The molecule has 1 aromatic carbocycles. The summed E-state index contributed by atoms with van der Waals surface area (Å²) in [5.74, 6) is 0. The second-order valence-electron chi connectivity index (χ2n) is 5.89. The van der Waals surface area contributed by atoms with Crippen molar-refractivity contribution >= 4 is 10.9 Å². The average Bonchev–Trinajstić information content (AvgIpc) is 2.86. The highest BCUT2D eigenvalue weighted by Gasteiger charge is 2.07. The Labute approximate surface area is 129 Å². The van der Waals surface area contributed by atoms with E-state index in [9.17, 15) is 0 Å².